The van der Waals surface area contributed by atoms with Crippen molar-refractivity contribution in [2.45, 2.75) is 47.5 Å². The molecule has 0 heterocycles. The van der Waals surface area contributed by atoms with Crippen LogP contribution in [0.4, 0.5) is 0 Å². The predicted molar refractivity (Wildman–Crippen MR) is 59.5 cm³/mol. The van der Waals surface area contributed by atoms with Gasteiger partial charge in [0.05, 0.1) is 13.0 Å². The molecule has 0 amide bonds. The number of ketones is 1. The fraction of sp³-hybridized carbons (Fsp3) is 0.833. The molecule has 0 aliphatic rings. The molecule has 15 heavy (non-hydrogen) atoms. The topological polar surface area (TPSA) is 43.4 Å². The van der Waals surface area contributed by atoms with Crippen LogP contribution >= 0.6 is 0 Å². The summed E-state index contributed by atoms with van der Waals surface area (Å²) in [7, 11) is 0. The second kappa shape index (κ2) is 5.89. The minimum absolute atomic E-state index is 0.0338. The molecule has 3 nitrogen and oxygen atoms in total. The van der Waals surface area contributed by atoms with E-state index in [4.69, 9.17) is 4.74 Å². The van der Waals surface area contributed by atoms with E-state index < -0.39 is 0 Å². The van der Waals surface area contributed by atoms with Crippen LogP contribution in [-0.4, -0.2) is 18.4 Å². The second-order valence-corrected chi connectivity index (χ2v) is 4.94. The standard InChI is InChI=1S/C12H22O3/c1-6-15-11(14)8-12(4,5)7-10(13)9(2)3/h9H,6-8H2,1-5H3. The second-order valence-electron chi connectivity index (χ2n) is 4.94. The highest BCUT2D eigenvalue weighted by atomic mass is 16.5. The quantitative estimate of drug-likeness (QED) is 0.638. The smallest absolute Gasteiger partial charge is 0.306 e. The Morgan fingerprint density at radius 2 is 1.73 bits per heavy atom. The molecule has 0 aromatic rings. The van der Waals surface area contributed by atoms with Crippen molar-refractivity contribution in [1.29, 1.82) is 0 Å². The van der Waals surface area contributed by atoms with E-state index in [0.29, 0.717) is 19.4 Å². The van der Waals surface area contributed by atoms with Gasteiger partial charge in [-0.25, -0.2) is 0 Å². The van der Waals surface area contributed by atoms with E-state index in [9.17, 15) is 9.59 Å². The Kier molecular flexibility index (Phi) is 5.55. The van der Waals surface area contributed by atoms with Crippen molar-refractivity contribution in [1.82, 2.24) is 0 Å². The molecular weight excluding hydrogens is 192 g/mol. The summed E-state index contributed by atoms with van der Waals surface area (Å²) in [5.41, 5.74) is -0.298. The molecule has 3 heteroatoms. The zero-order valence-electron chi connectivity index (χ0n) is 10.4. The van der Waals surface area contributed by atoms with Crippen molar-refractivity contribution in [2.24, 2.45) is 11.3 Å². The lowest BCUT2D eigenvalue weighted by molar-refractivity contribution is -0.145. The summed E-state index contributed by atoms with van der Waals surface area (Å²) in [6.07, 6.45) is 0.739. The van der Waals surface area contributed by atoms with Crippen molar-refractivity contribution in [3.05, 3.63) is 0 Å². The van der Waals surface area contributed by atoms with Crippen LogP contribution in [0.1, 0.15) is 47.5 Å². The Balaban J connectivity index is 4.18. The van der Waals surface area contributed by atoms with Gasteiger partial charge in [-0.1, -0.05) is 27.7 Å². The molecule has 0 unspecified atom stereocenters. The van der Waals surface area contributed by atoms with Gasteiger partial charge in [0, 0.05) is 12.3 Å². The first-order chi connectivity index (χ1) is 6.78. The molecule has 0 fully saturated rings. The minimum atomic E-state index is -0.298. The Hall–Kier alpha value is -0.860. The van der Waals surface area contributed by atoms with Crippen molar-refractivity contribution in [3.8, 4) is 0 Å². The number of Topliss-reactive ketones (excluding diaryl/α,β-unsaturated/α-hetero) is 1. The highest BCUT2D eigenvalue weighted by Gasteiger charge is 2.26. The third-order valence-corrected chi connectivity index (χ3v) is 2.22. The van der Waals surface area contributed by atoms with Gasteiger partial charge in [0.2, 0.25) is 0 Å². The first kappa shape index (κ1) is 14.1. The van der Waals surface area contributed by atoms with Crippen LogP contribution in [0.5, 0.6) is 0 Å². The summed E-state index contributed by atoms with van der Waals surface area (Å²) in [4.78, 5) is 22.8. The fourth-order valence-electron chi connectivity index (χ4n) is 1.34. The van der Waals surface area contributed by atoms with Gasteiger partial charge in [-0.2, -0.15) is 0 Å². The van der Waals surface area contributed by atoms with Crippen LogP contribution in [0.25, 0.3) is 0 Å². The molecule has 0 saturated carbocycles. The number of esters is 1. The lowest BCUT2D eigenvalue weighted by Crippen LogP contribution is -2.24. The maximum absolute atomic E-state index is 11.5. The van der Waals surface area contributed by atoms with E-state index in [2.05, 4.69) is 0 Å². The molecular formula is C12H22O3. The molecule has 0 N–H and O–H groups in total. The number of ether oxygens (including phenoxy) is 1. The predicted octanol–water partition coefficient (Wildman–Crippen LogP) is 2.58. The molecule has 0 aliphatic carbocycles. The minimum Gasteiger partial charge on any atom is -0.466 e. The van der Waals surface area contributed by atoms with Crippen molar-refractivity contribution < 1.29 is 14.3 Å². The molecule has 0 radical (unpaired) electrons. The summed E-state index contributed by atoms with van der Waals surface area (Å²) in [6.45, 7) is 9.77. The maximum atomic E-state index is 11.5. The number of hydrogen-bond acceptors (Lipinski definition) is 3. The van der Waals surface area contributed by atoms with E-state index in [-0.39, 0.29) is 23.1 Å². The first-order valence-electron chi connectivity index (χ1n) is 5.47. The van der Waals surface area contributed by atoms with Gasteiger partial charge in [0.15, 0.2) is 0 Å². The normalized spacial score (nSPS) is 11.6. The van der Waals surface area contributed by atoms with Crippen LogP contribution in [-0.2, 0) is 14.3 Å². The average Bonchev–Trinajstić information content (AvgIpc) is 2.01. The number of rotatable bonds is 6. The summed E-state index contributed by atoms with van der Waals surface area (Å²) in [5.74, 6) is 0.00910. The summed E-state index contributed by atoms with van der Waals surface area (Å²) in [5, 5.41) is 0. The van der Waals surface area contributed by atoms with Crippen LogP contribution in [0.3, 0.4) is 0 Å². The number of carbonyl (C=O) groups excluding carboxylic acids is 2. The van der Waals surface area contributed by atoms with E-state index >= 15 is 0 Å². The molecule has 88 valence electrons. The Morgan fingerprint density at radius 3 is 2.13 bits per heavy atom. The Labute approximate surface area is 92.2 Å². The monoisotopic (exact) mass is 214 g/mol. The Bertz CT molecular complexity index is 229. The first-order valence-corrected chi connectivity index (χ1v) is 5.47. The van der Waals surface area contributed by atoms with E-state index in [0.717, 1.165) is 0 Å². The molecule has 0 bridgehead atoms. The molecule has 0 atom stereocenters. The van der Waals surface area contributed by atoms with Gasteiger partial charge in [0.1, 0.15) is 5.78 Å². The van der Waals surface area contributed by atoms with Gasteiger partial charge in [0.25, 0.3) is 0 Å². The number of hydrogen-bond donors (Lipinski definition) is 0. The van der Waals surface area contributed by atoms with Crippen LogP contribution in [0, 0.1) is 11.3 Å². The SMILES string of the molecule is CCOC(=O)CC(C)(C)CC(=O)C(C)C. The summed E-state index contributed by atoms with van der Waals surface area (Å²) < 4.78 is 4.87. The molecule has 0 rings (SSSR count). The zero-order valence-corrected chi connectivity index (χ0v) is 10.4. The maximum Gasteiger partial charge on any atom is 0.306 e. The molecule has 0 aromatic heterocycles. The van der Waals surface area contributed by atoms with Crippen molar-refractivity contribution in [2.75, 3.05) is 6.61 Å². The van der Waals surface area contributed by atoms with Gasteiger partial charge < -0.3 is 4.74 Å². The Morgan fingerprint density at radius 1 is 1.20 bits per heavy atom. The lowest BCUT2D eigenvalue weighted by atomic mass is 9.82. The van der Waals surface area contributed by atoms with E-state index in [1.807, 2.05) is 27.7 Å². The number of carbonyl (C=O) groups is 2. The lowest BCUT2D eigenvalue weighted by Gasteiger charge is -2.23. The summed E-state index contributed by atoms with van der Waals surface area (Å²) >= 11 is 0. The van der Waals surface area contributed by atoms with E-state index in [1.54, 1.807) is 6.92 Å². The van der Waals surface area contributed by atoms with E-state index in [1.165, 1.54) is 0 Å². The van der Waals surface area contributed by atoms with Gasteiger partial charge >= 0.3 is 5.97 Å². The average molecular weight is 214 g/mol. The fourth-order valence-corrected chi connectivity index (χ4v) is 1.34. The highest BCUT2D eigenvalue weighted by molar-refractivity contribution is 5.81. The molecule has 0 aromatic carbocycles. The van der Waals surface area contributed by atoms with Gasteiger partial charge in [-0.05, 0) is 12.3 Å². The van der Waals surface area contributed by atoms with Gasteiger partial charge in [-0.15, -0.1) is 0 Å². The zero-order chi connectivity index (χ0) is 12.1. The molecule has 0 saturated heterocycles. The van der Waals surface area contributed by atoms with Crippen LogP contribution in [0.2, 0.25) is 0 Å². The van der Waals surface area contributed by atoms with Crippen LogP contribution < -0.4 is 0 Å². The molecule has 0 spiro atoms. The largest absolute Gasteiger partial charge is 0.466 e. The highest BCUT2D eigenvalue weighted by Crippen LogP contribution is 2.27. The molecule has 0 aliphatic heterocycles. The van der Waals surface area contributed by atoms with Crippen LogP contribution in [0.15, 0.2) is 0 Å². The summed E-state index contributed by atoms with van der Waals surface area (Å²) in [6, 6.07) is 0. The third kappa shape index (κ3) is 6.26. The van der Waals surface area contributed by atoms with Gasteiger partial charge in [-0.3, -0.25) is 9.59 Å². The van der Waals surface area contributed by atoms with Crippen molar-refractivity contribution >= 4 is 11.8 Å². The van der Waals surface area contributed by atoms with Crippen molar-refractivity contribution in [3.63, 3.8) is 0 Å². The third-order valence-electron chi connectivity index (χ3n) is 2.22.